The van der Waals surface area contributed by atoms with Gasteiger partial charge in [0, 0.05) is 43.9 Å². The maximum absolute atomic E-state index is 12.5. The van der Waals surface area contributed by atoms with Gasteiger partial charge in [0.1, 0.15) is 5.75 Å². The Morgan fingerprint density at radius 3 is 2.50 bits per heavy atom. The molecular weight excluding hydrogens is 378 g/mol. The molecule has 3 rings (SSSR count). The first kappa shape index (κ1) is 20.0. The molecule has 0 atom stereocenters. The van der Waals surface area contributed by atoms with Crippen molar-refractivity contribution in [2.45, 2.75) is 13.3 Å². The number of nitrogens with zero attached hydrogens (tertiary/aromatic N) is 2. The van der Waals surface area contributed by atoms with Crippen molar-refractivity contribution in [3.63, 3.8) is 0 Å². The van der Waals surface area contributed by atoms with E-state index in [0.717, 1.165) is 18.8 Å². The average Bonchev–Trinajstić information content (AvgIpc) is 2.73. The number of benzene rings is 2. The Labute approximate surface area is 170 Å². The fourth-order valence-corrected chi connectivity index (χ4v) is 3.53. The highest BCUT2D eigenvalue weighted by Gasteiger charge is 2.21. The molecule has 1 heterocycles. The number of piperazine rings is 1. The van der Waals surface area contributed by atoms with Crippen LogP contribution in [0.2, 0.25) is 5.02 Å². The maximum atomic E-state index is 12.5. The molecule has 1 saturated heterocycles. The van der Waals surface area contributed by atoms with Crippen LogP contribution in [0.3, 0.4) is 0 Å². The zero-order chi connectivity index (χ0) is 20.1. The molecule has 2 aromatic rings. The van der Waals surface area contributed by atoms with E-state index in [1.54, 1.807) is 37.4 Å². The highest BCUT2D eigenvalue weighted by molar-refractivity contribution is 6.33. The molecule has 0 saturated carbocycles. The SMILES string of the molecule is CCC(=O)N1CCN(c2ccc(NC(=O)c3cccc(OC)c3)cc2Cl)CC1. The van der Waals surface area contributed by atoms with Crippen LogP contribution in [0.4, 0.5) is 11.4 Å². The Balaban J connectivity index is 1.66. The number of rotatable bonds is 5. The Morgan fingerprint density at radius 2 is 1.86 bits per heavy atom. The van der Waals surface area contributed by atoms with Crippen LogP contribution in [0.1, 0.15) is 23.7 Å². The molecule has 1 N–H and O–H groups in total. The second kappa shape index (κ2) is 8.97. The zero-order valence-corrected chi connectivity index (χ0v) is 16.8. The van der Waals surface area contributed by atoms with Crippen molar-refractivity contribution in [1.82, 2.24) is 4.90 Å². The predicted molar refractivity (Wildman–Crippen MR) is 111 cm³/mol. The molecule has 2 amide bonds. The van der Waals surface area contributed by atoms with Crippen molar-refractivity contribution in [2.24, 2.45) is 0 Å². The van der Waals surface area contributed by atoms with Gasteiger partial charge in [0.15, 0.2) is 0 Å². The molecule has 1 aliphatic rings. The van der Waals surface area contributed by atoms with Crippen molar-refractivity contribution in [2.75, 3.05) is 43.5 Å². The molecule has 1 aliphatic heterocycles. The largest absolute Gasteiger partial charge is 0.497 e. The number of hydrogen-bond acceptors (Lipinski definition) is 4. The number of ether oxygens (including phenoxy) is 1. The van der Waals surface area contributed by atoms with Gasteiger partial charge in [0.2, 0.25) is 5.91 Å². The van der Waals surface area contributed by atoms with Crippen molar-refractivity contribution >= 4 is 34.8 Å². The van der Waals surface area contributed by atoms with Gasteiger partial charge in [-0.15, -0.1) is 0 Å². The van der Waals surface area contributed by atoms with Crippen LogP contribution in [0.5, 0.6) is 5.75 Å². The van der Waals surface area contributed by atoms with Crippen LogP contribution < -0.4 is 15.0 Å². The molecule has 148 valence electrons. The van der Waals surface area contributed by atoms with E-state index in [9.17, 15) is 9.59 Å². The fourth-order valence-electron chi connectivity index (χ4n) is 3.23. The topological polar surface area (TPSA) is 61.9 Å². The fraction of sp³-hybridized carbons (Fsp3) is 0.333. The summed E-state index contributed by atoms with van der Waals surface area (Å²) in [6.45, 7) is 4.74. The first-order valence-electron chi connectivity index (χ1n) is 9.29. The number of amides is 2. The summed E-state index contributed by atoms with van der Waals surface area (Å²) in [5.74, 6) is 0.581. The van der Waals surface area contributed by atoms with E-state index in [4.69, 9.17) is 16.3 Å². The third-order valence-electron chi connectivity index (χ3n) is 4.81. The van der Waals surface area contributed by atoms with Crippen LogP contribution in [-0.4, -0.2) is 50.0 Å². The monoisotopic (exact) mass is 401 g/mol. The summed E-state index contributed by atoms with van der Waals surface area (Å²) in [6.07, 6.45) is 0.530. The van der Waals surface area contributed by atoms with Gasteiger partial charge >= 0.3 is 0 Å². The predicted octanol–water partition coefficient (Wildman–Crippen LogP) is 3.66. The number of anilines is 2. The number of halogens is 1. The second-order valence-electron chi connectivity index (χ2n) is 6.57. The lowest BCUT2D eigenvalue weighted by Crippen LogP contribution is -2.48. The Bertz CT molecular complexity index is 864. The summed E-state index contributed by atoms with van der Waals surface area (Å²) in [6, 6.07) is 12.5. The molecule has 2 aromatic carbocycles. The van der Waals surface area contributed by atoms with Gasteiger partial charge in [-0.1, -0.05) is 24.6 Å². The van der Waals surface area contributed by atoms with Crippen LogP contribution in [0.15, 0.2) is 42.5 Å². The first-order chi connectivity index (χ1) is 13.5. The lowest BCUT2D eigenvalue weighted by molar-refractivity contribution is -0.131. The van der Waals surface area contributed by atoms with Crippen molar-refractivity contribution in [3.05, 3.63) is 53.1 Å². The number of carbonyl (C=O) groups is 2. The van der Waals surface area contributed by atoms with E-state index < -0.39 is 0 Å². The minimum atomic E-state index is -0.227. The summed E-state index contributed by atoms with van der Waals surface area (Å²) in [5.41, 5.74) is 2.04. The lowest BCUT2D eigenvalue weighted by atomic mass is 10.2. The van der Waals surface area contributed by atoms with Gasteiger partial charge in [-0.25, -0.2) is 0 Å². The van der Waals surface area contributed by atoms with Crippen LogP contribution in [-0.2, 0) is 4.79 Å². The zero-order valence-electron chi connectivity index (χ0n) is 16.1. The second-order valence-corrected chi connectivity index (χ2v) is 6.98. The lowest BCUT2D eigenvalue weighted by Gasteiger charge is -2.36. The van der Waals surface area contributed by atoms with E-state index >= 15 is 0 Å². The standard InChI is InChI=1S/C21H24ClN3O3/c1-3-20(26)25-11-9-24(10-12-25)19-8-7-16(14-18(19)22)23-21(27)15-5-4-6-17(13-15)28-2/h4-8,13-14H,3,9-12H2,1-2H3,(H,23,27). The van der Waals surface area contributed by atoms with Crippen molar-refractivity contribution in [3.8, 4) is 5.75 Å². The Kier molecular flexibility index (Phi) is 6.41. The van der Waals surface area contributed by atoms with Crippen LogP contribution in [0, 0.1) is 0 Å². The number of nitrogens with one attached hydrogen (secondary N) is 1. The van der Waals surface area contributed by atoms with E-state index in [1.165, 1.54) is 0 Å². The third kappa shape index (κ3) is 4.57. The number of carbonyl (C=O) groups excluding carboxylic acids is 2. The Morgan fingerprint density at radius 1 is 1.11 bits per heavy atom. The van der Waals surface area contributed by atoms with Crippen molar-refractivity contribution in [1.29, 1.82) is 0 Å². The maximum Gasteiger partial charge on any atom is 0.255 e. The normalized spacial score (nSPS) is 14.0. The summed E-state index contributed by atoms with van der Waals surface area (Å²) in [4.78, 5) is 28.3. The molecule has 0 aromatic heterocycles. The quantitative estimate of drug-likeness (QED) is 0.830. The van der Waals surface area contributed by atoms with E-state index in [0.29, 0.717) is 41.5 Å². The smallest absolute Gasteiger partial charge is 0.255 e. The van der Waals surface area contributed by atoms with Gasteiger partial charge in [-0.3, -0.25) is 9.59 Å². The van der Waals surface area contributed by atoms with E-state index in [1.807, 2.05) is 24.0 Å². The molecule has 0 unspecified atom stereocenters. The van der Waals surface area contributed by atoms with Crippen molar-refractivity contribution < 1.29 is 14.3 Å². The number of hydrogen-bond donors (Lipinski definition) is 1. The molecule has 0 radical (unpaired) electrons. The van der Waals surface area contributed by atoms with Gasteiger partial charge in [0.25, 0.3) is 5.91 Å². The minimum Gasteiger partial charge on any atom is -0.497 e. The molecule has 0 aliphatic carbocycles. The summed E-state index contributed by atoms with van der Waals surface area (Å²) in [7, 11) is 1.56. The summed E-state index contributed by atoms with van der Waals surface area (Å²) in [5, 5.41) is 3.43. The molecule has 6 nitrogen and oxygen atoms in total. The van der Waals surface area contributed by atoms with Gasteiger partial charge < -0.3 is 19.9 Å². The average molecular weight is 402 g/mol. The van der Waals surface area contributed by atoms with E-state index in [2.05, 4.69) is 10.2 Å². The van der Waals surface area contributed by atoms with Gasteiger partial charge in [-0.05, 0) is 36.4 Å². The minimum absolute atomic E-state index is 0.182. The van der Waals surface area contributed by atoms with Gasteiger partial charge in [-0.2, -0.15) is 0 Å². The highest BCUT2D eigenvalue weighted by atomic mass is 35.5. The first-order valence-corrected chi connectivity index (χ1v) is 9.67. The summed E-state index contributed by atoms with van der Waals surface area (Å²) < 4.78 is 5.16. The van der Waals surface area contributed by atoms with Crippen LogP contribution >= 0.6 is 11.6 Å². The molecule has 28 heavy (non-hydrogen) atoms. The molecule has 7 heteroatoms. The Hall–Kier alpha value is -2.73. The van der Waals surface area contributed by atoms with E-state index in [-0.39, 0.29) is 11.8 Å². The molecule has 1 fully saturated rings. The highest BCUT2D eigenvalue weighted by Crippen LogP contribution is 2.30. The third-order valence-corrected chi connectivity index (χ3v) is 5.12. The molecule has 0 spiro atoms. The molecular formula is C21H24ClN3O3. The number of methoxy groups -OCH3 is 1. The summed E-state index contributed by atoms with van der Waals surface area (Å²) >= 11 is 6.47. The molecule has 0 bridgehead atoms. The van der Waals surface area contributed by atoms with Crippen LogP contribution in [0.25, 0.3) is 0 Å². The van der Waals surface area contributed by atoms with Gasteiger partial charge in [0.05, 0.1) is 17.8 Å².